The Kier molecular flexibility index (Phi) is 7.31. The maximum absolute atomic E-state index is 12.9. The first-order valence-electron chi connectivity index (χ1n) is 14.5. The maximum Gasteiger partial charge on any atom is 0.306 e. The van der Waals surface area contributed by atoms with Crippen LogP contribution < -0.4 is 0 Å². The van der Waals surface area contributed by atoms with Crippen molar-refractivity contribution in [1.82, 2.24) is 0 Å². The Morgan fingerprint density at radius 1 is 1.08 bits per heavy atom. The van der Waals surface area contributed by atoms with Gasteiger partial charge in [-0.2, -0.15) is 0 Å². The van der Waals surface area contributed by atoms with Crippen LogP contribution in [-0.2, 0) is 14.0 Å². The average Bonchev–Trinajstić information content (AvgIpc) is 3.33. The van der Waals surface area contributed by atoms with Gasteiger partial charge in [0.1, 0.15) is 5.60 Å². The van der Waals surface area contributed by atoms with Crippen molar-refractivity contribution < 1.29 is 19.1 Å². The quantitative estimate of drug-likeness (QED) is 0.292. The summed E-state index contributed by atoms with van der Waals surface area (Å²) in [5.74, 6) is 4.05. The number of esters is 1. The summed E-state index contributed by atoms with van der Waals surface area (Å²) < 4.78 is 14.5. The summed E-state index contributed by atoms with van der Waals surface area (Å²) in [5.41, 5.74) is -0.606. The summed E-state index contributed by atoms with van der Waals surface area (Å²) in [4.78, 5) is 12.9. The fourth-order valence-electron chi connectivity index (χ4n) is 8.72. The molecule has 1 N–H and O–H groups in total. The highest BCUT2D eigenvalue weighted by atomic mass is 32.2. The van der Waals surface area contributed by atoms with Gasteiger partial charge in [0.15, 0.2) is 8.32 Å². The first-order chi connectivity index (χ1) is 16.7. The summed E-state index contributed by atoms with van der Waals surface area (Å²) in [6, 6.07) is 0. The van der Waals surface area contributed by atoms with Gasteiger partial charge in [0.05, 0.1) is 16.8 Å². The molecule has 0 aromatic heterocycles. The van der Waals surface area contributed by atoms with Gasteiger partial charge in [0.25, 0.3) is 0 Å². The number of carbonyl (C=O) groups excluding carboxylic acids is 1. The van der Waals surface area contributed by atoms with Crippen LogP contribution in [0.3, 0.4) is 0 Å². The molecule has 0 aromatic carbocycles. The van der Waals surface area contributed by atoms with E-state index in [0.29, 0.717) is 28.8 Å². The molecular formula is C29H50O4S2Si. The van der Waals surface area contributed by atoms with Crippen LogP contribution >= 0.6 is 23.5 Å². The van der Waals surface area contributed by atoms with Gasteiger partial charge in [-0.15, -0.1) is 23.5 Å². The van der Waals surface area contributed by atoms with Gasteiger partial charge in [-0.1, -0.05) is 34.6 Å². The molecule has 5 aliphatic rings. The van der Waals surface area contributed by atoms with Crippen LogP contribution in [0.5, 0.6) is 0 Å². The Bertz CT molecular complexity index is 855. The molecule has 0 bridgehead atoms. The lowest BCUT2D eigenvalue weighted by Gasteiger charge is -2.65. The minimum absolute atomic E-state index is 0.0226. The molecular weight excluding hydrogens is 505 g/mol. The number of carbonyl (C=O) groups is 1. The number of thioether (sulfide) groups is 2. The molecule has 3 saturated carbocycles. The lowest BCUT2D eigenvalue weighted by atomic mass is 9.44. The summed E-state index contributed by atoms with van der Waals surface area (Å²) in [6.45, 7) is 16.5. The zero-order valence-corrected chi connectivity index (χ0v) is 26.4. The first kappa shape index (κ1) is 27.9. The van der Waals surface area contributed by atoms with Gasteiger partial charge in [0, 0.05) is 18.3 Å². The van der Waals surface area contributed by atoms with E-state index in [-0.39, 0.29) is 34.0 Å². The number of hydrogen-bond donors (Lipinski definition) is 1. The van der Waals surface area contributed by atoms with Gasteiger partial charge in [-0.3, -0.25) is 4.79 Å². The normalized spacial score (nSPS) is 46.0. The number of fused-ring (bicyclic) bond motifs is 3. The van der Waals surface area contributed by atoms with Crippen molar-refractivity contribution in [3.05, 3.63) is 0 Å². The second kappa shape index (κ2) is 9.45. The predicted molar refractivity (Wildman–Crippen MR) is 154 cm³/mol. The van der Waals surface area contributed by atoms with Gasteiger partial charge in [-0.25, -0.2) is 0 Å². The standard InChI is InChI=1S/C29H50O4S2Si/c1-26(2,3)36(6,7)33-23-17-19-20-9-10-22(30)27(20,4)13-11-21(19)28(5,18-25-34-15-8-16-35-25)29(23)14-12-24(31)32-29/h19-23,25,30H,8-18H2,1-7H3/t19-,20-,21-,22-,23+,27-,28+,29-/m0/s1. The minimum Gasteiger partial charge on any atom is -0.456 e. The number of aliphatic hydroxyl groups is 1. The van der Waals surface area contributed by atoms with Gasteiger partial charge in [0.2, 0.25) is 0 Å². The van der Waals surface area contributed by atoms with Gasteiger partial charge >= 0.3 is 5.97 Å². The van der Waals surface area contributed by atoms with E-state index in [1.165, 1.54) is 17.9 Å². The summed E-state index contributed by atoms with van der Waals surface area (Å²) in [5, 5.41) is 11.2. The molecule has 1 spiro atoms. The number of rotatable bonds is 4. The molecule has 0 radical (unpaired) electrons. The number of aliphatic hydroxyl groups excluding tert-OH is 1. The molecule has 2 saturated heterocycles. The van der Waals surface area contributed by atoms with E-state index < -0.39 is 13.9 Å². The third-order valence-electron chi connectivity index (χ3n) is 11.9. The Morgan fingerprint density at radius 2 is 1.78 bits per heavy atom. The molecule has 36 heavy (non-hydrogen) atoms. The van der Waals surface area contributed by atoms with Crippen LogP contribution in [0.25, 0.3) is 0 Å². The fourth-order valence-corrected chi connectivity index (χ4v) is 13.3. The zero-order chi connectivity index (χ0) is 26.1. The fraction of sp³-hybridized carbons (Fsp3) is 0.966. The molecule has 5 rings (SSSR count). The van der Waals surface area contributed by atoms with Crippen LogP contribution in [0.15, 0.2) is 0 Å². The lowest BCUT2D eigenvalue weighted by molar-refractivity contribution is -0.237. The minimum atomic E-state index is -2.10. The Morgan fingerprint density at radius 3 is 2.39 bits per heavy atom. The monoisotopic (exact) mass is 554 g/mol. The summed E-state index contributed by atoms with van der Waals surface area (Å²) in [7, 11) is -2.10. The topological polar surface area (TPSA) is 55.8 Å². The van der Waals surface area contributed by atoms with E-state index in [1.54, 1.807) is 0 Å². The molecule has 0 unspecified atom stereocenters. The molecule has 5 fully saturated rings. The SMILES string of the molecule is CC(C)(C)[Si](C)(C)O[C@@H]1C[C@H]2[C@@H]3CC[C@H](O)[C@@]3(C)CC[C@@H]2[C@@](C)(CC2SCCCS2)[C@]12CCC(=O)O2. The van der Waals surface area contributed by atoms with Crippen LogP contribution in [0, 0.1) is 28.6 Å². The van der Waals surface area contributed by atoms with Crippen molar-refractivity contribution in [2.45, 2.75) is 133 Å². The van der Waals surface area contributed by atoms with Crippen molar-refractivity contribution in [1.29, 1.82) is 0 Å². The lowest BCUT2D eigenvalue weighted by Crippen LogP contribution is -2.68. The Labute approximate surface area is 229 Å². The van der Waals surface area contributed by atoms with E-state index in [9.17, 15) is 9.90 Å². The highest BCUT2D eigenvalue weighted by Gasteiger charge is 2.70. The van der Waals surface area contributed by atoms with Gasteiger partial charge in [-0.05, 0) is 97.8 Å². The molecule has 0 aromatic rings. The number of ether oxygens (including phenoxy) is 1. The molecule has 206 valence electrons. The second-order valence-corrected chi connectivity index (χ2v) is 22.3. The van der Waals surface area contributed by atoms with Crippen LogP contribution in [0.1, 0.15) is 92.4 Å². The highest BCUT2D eigenvalue weighted by Crippen LogP contribution is 2.69. The molecule has 8 atom stereocenters. The van der Waals surface area contributed by atoms with Crippen molar-refractivity contribution in [2.75, 3.05) is 11.5 Å². The average molecular weight is 555 g/mol. The van der Waals surface area contributed by atoms with Gasteiger partial charge < -0.3 is 14.3 Å². The van der Waals surface area contributed by atoms with Crippen LogP contribution in [0.4, 0.5) is 0 Å². The van der Waals surface area contributed by atoms with Crippen LogP contribution in [0.2, 0.25) is 18.1 Å². The molecule has 4 nitrogen and oxygen atoms in total. The van der Waals surface area contributed by atoms with E-state index in [1.807, 2.05) is 0 Å². The molecule has 7 heteroatoms. The maximum atomic E-state index is 12.9. The van der Waals surface area contributed by atoms with E-state index >= 15 is 0 Å². The van der Waals surface area contributed by atoms with E-state index in [0.717, 1.165) is 44.9 Å². The Hall–Kier alpha value is 0.307. The predicted octanol–water partition coefficient (Wildman–Crippen LogP) is 7.25. The van der Waals surface area contributed by atoms with Crippen molar-refractivity contribution in [3.63, 3.8) is 0 Å². The second-order valence-electron chi connectivity index (χ2n) is 14.6. The third kappa shape index (κ3) is 4.28. The van der Waals surface area contributed by atoms with E-state index in [2.05, 4.69) is 71.2 Å². The van der Waals surface area contributed by atoms with Crippen molar-refractivity contribution >= 4 is 37.8 Å². The highest BCUT2D eigenvalue weighted by molar-refractivity contribution is 8.17. The molecule has 3 aliphatic carbocycles. The largest absolute Gasteiger partial charge is 0.456 e. The smallest absolute Gasteiger partial charge is 0.306 e. The van der Waals surface area contributed by atoms with Crippen molar-refractivity contribution in [3.8, 4) is 0 Å². The summed E-state index contributed by atoms with van der Waals surface area (Å²) in [6.07, 6.45) is 8.77. The molecule has 2 heterocycles. The van der Waals surface area contributed by atoms with E-state index in [4.69, 9.17) is 9.16 Å². The zero-order valence-electron chi connectivity index (χ0n) is 23.7. The Balaban J connectivity index is 1.59. The third-order valence-corrected chi connectivity index (χ3v) is 19.3. The van der Waals surface area contributed by atoms with Crippen LogP contribution in [-0.4, -0.2) is 53.3 Å². The van der Waals surface area contributed by atoms with Crippen molar-refractivity contribution in [2.24, 2.45) is 28.6 Å². The first-order valence-corrected chi connectivity index (χ1v) is 19.5. The molecule has 0 amide bonds. The summed E-state index contributed by atoms with van der Waals surface area (Å²) >= 11 is 4.25. The number of hydrogen-bond acceptors (Lipinski definition) is 6. The molecule has 2 aliphatic heterocycles.